The Hall–Kier alpha value is -3.78. The molecule has 0 radical (unpaired) electrons. The van der Waals surface area contributed by atoms with Crippen LogP contribution >= 0.6 is 11.6 Å². The number of nitrogens with one attached hydrogen (secondary N) is 2. The molecule has 0 bridgehead atoms. The first-order chi connectivity index (χ1) is 15.0. The topological polar surface area (TPSA) is 109 Å². The van der Waals surface area contributed by atoms with Gasteiger partial charge in [-0.05, 0) is 36.2 Å². The van der Waals surface area contributed by atoms with Crippen molar-refractivity contribution in [2.75, 3.05) is 12.4 Å². The number of carbonyl (C=O) groups excluding carboxylic acids is 1. The largest absolute Gasteiger partial charge is 0.506 e. The standard InChI is InChI=1S/C22H19ClN4O4/c1-31-18-5-3-2-4-13(18)8-9-27-12-25-20-19(22(27)30)16(11-24-20)26-21(29)14-6-7-17(28)15(23)10-14/h2-7,10-12,24,28H,8-9H2,1H3,(H,26,29). The average Bonchev–Trinajstić information content (AvgIpc) is 3.18. The summed E-state index contributed by atoms with van der Waals surface area (Å²) in [4.78, 5) is 32.9. The van der Waals surface area contributed by atoms with Gasteiger partial charge in [0.15, 0.2) is 0 Å². The molecule has 0 fully saturated rings. The van der Waals surface area contributed by atoms with Crippen molar-refractivity contribution in [3.05, 3.63) is 81.5 Å². The van der Waals surface area contributed by atoms with E-state index < -0.39 is 5.91 Å². The number of para-hydroxylation sites is 1. The van der Waals surface area contributed by atoms with E-state index in [0.717, 1.165) is 11.3 Å². The van der Waals surface area contributed by atoms with Crippen LogP contribution in [0.3, 0.4) is 0 Å². The maximum absolute atomic E-state index is 13.1. The van der Waals surface area contributed by atoms with E-state index in [4.69, 9.17) is 16.3 Å². The van der Waals surface area contributed by atoms with Gasteiger partial charge in [-0.1, -0.05) is 29.8 Å². The molecule has 0 atom stereocenters. The van der Waals surface area contributed by atoms with Crippen LogP contribution in [-0.4, -0.2) is 32.7 Å². The highest BCUT2D eigenvalue weighted by atomic mass is 35.5. The molecule has 2 heterocycles. The number of hydrogen-bond acceptors (Lipinski definition) is 5. The molecule has 2 aromatic carbocycles. The lowest BCUT2D eigenvalue weighted by molar-refractivity contribution is 0.102. The lowest BCUT2D eigenvalue weighted by atomic mass is 10.1. The third kappa shape index (κ3) is 4.10. The molecule has 31 heavy (non-hydrogen) atoms. The average molecular weight is 439 g/mol. The van der Waals surface area contributed by atoms with E-state index in [1.807, 2.05) is 24.3 Å². The lowest BCUT2D eigenvalue weighted by Gasteiger charge is -2.10. The maximum atomic E-state index is 13.1. The summed E-state index contributed by atoms with van der Waals surface area (Å²) >= 11 is 5.88. The Labute approximate surface area is 182 Å². The van der Waals surface area contributed by atoms with Crippen LogP contribution in [0.2, 0.25) is 5.02 Å². The molecule has 0 unspecified atom stereocenters. The van der Waals surface area contributed by atoms with Crippen LogP contribution in [0.5, 0.6) is 11.5 Å². The van der Waals surface area contributed by atoms with Crippen LogP contribution in [0.4, 0.5) is 5.69 Å². The van der Waals surface area contributed by atoms with Crippen LogP contribution in [0.25, 0.3) is 11.0 Å². The number of aromatic amines is 1. The fourth-order valence-corrected chi connectivity index (χ4v) is 3.49. The minimum Gasteiger partial charge on any atom is -0.506 e. The number of rotatable bonds is 6. The predicted octanol–water partition coefficient (Wildman–Crippen LogP) is 3.59. The van der Waals surface area contributed by atoms with Crippen molar-refractivity contribution in [1.82, 2.24) is 14.5 Å². The normalized spacial score (nSPS) is 10.9. The molecule has 0 spiro atoms. The summed E-state index contributed by atoms with van der Waals surface area (Å²) in [5.41, 5.74) is 1.63. The van der Waals surface area contributed by atoms with E-state index in [0.29, 0.717) is 24.3 Å². The Balaban J connectivity index is 1.60. The number of H-pyrrole nitrogens is 1. The van der Waals surface area contributed by atoms with Crippen LogP contribution in [0, 0.1) is 0 Å². The Morgan fingerprint density at radius 3 is 2.87 bits per heavy atom. The summed E-state index contributed by atoms with van der Waals surface area (Å²) in [5.74, 6) is 0.172. The van der Waals surface area contributed by atoms with Gasteiger partial charge in [0.1, 0.15) is 22.5 Å². The predicted molar refractivity (Wildman–Crippen MR) is 118 cm³/mol. The Morgan fingerprint density at radius 2 is 2.10 bits per heavy atom. The molecule has 0 aliphatic heterocycles. The molecule has 2 aromatic heterocycles. The Morgan fingerprint density at radius 1 is 1.29 bits per heavy atom. The summed E-state index contributed by atoms with van der Waals surface area (Å²) < 4.78 is 6.86. The van der Waals surface area contributed by atoms with E-state index in [9.17, 15) is 14.7 Å². The Kier molecular flexibility index (Phi) is 5.64. The van der Waals surface area contributed by atoms with Gasteiger partial charge in [0, 0.05) is 18.3 Å². The van der Waals surface area contributed by atoms with Crippen molar-refractivity contribution in [2.45, 2.75) is 13.0 Å². The zero-order valence-electron chi connectivity index (χ0n) is 16.6. The zero-order chi connectivity index (χ0) is 22.0. The third-order valence-electron chi connectivity index (χ3n) is 4.93. The van der Waals surface area contributed by atoms with Gasteiger partial charge in [-0.2, -0.15) is 0 Å². The number of phenolic OH excluding ortho intramolecular Hbond substituents is 1. The summed E-state index contributed by atoms with van der Waals surface area (Å²) in [6.45, 7) is 0.397. The molecular formula is C22H19ClN4O4. The number of halogens is 1. The van der Waals surface area contributed by atoms with Gasteiger partial charge in [-0.3, -0.25) is 14.2 Å². The molecule has 158 valence electrons. The van der Waals surface area contributed by atoms with Crippen LogP contribution < -0.4 is 15.6 Å². The van der Waals surface area contributed by atoms with E-state index in [2.05, 4.69) is 15.3 Å². The number of aromatic nitrogens is 3. The monoisotopic (exact) mass is 438 g/mol. The first kappa shape index (κ1) is 20.5. The van der Waals surface area contributed by atoms with Crippen LogP contribution in [0.1, 0.15) is 15.9 Å². The summed E-state index contributed by atoms with van der Waals surface area (Å²) in [7, 11) is 1.61. The zero-order valence-corrected chi connectivity index (χ0v) is 17.3. The minimum atomic E-state index is -0.466. The van der Waals surface area contributed by atoms with Gasteiger partial charge >= 0.3 is 0 Å². The highest BCUT2D eigenvalue weighted by Gasteiger charge is 2.16. The van der Waals surface area contributed by atoms with Crippen LogP contribution in [-0.2, 0) is 13.0 Å². The van der Waals surface area contributed by atoms with Crippen LogP contribution in [0.15, 0.2) is 59.8 Å². The molecule has 4 aromatic rings. The molecule has 4 rings (SSSR count). The maximum Gasteiger partial charge on any atom is 0.264 e. The molecule has 0 aliphatic rings. The molecular weight excluding hydrogens is 420 g/mol. The number of hydrogen-bond donors (Lipinski definition) is 3. The molecule has 0 aliphatic carbocycles. The smallest absolute Gasteiger partial charge is 0.264 e. The number of amides is 1. The first-order valence-electron chi connectivity index (χ1n) is 9.46. The number of phenols is 1. The van der Waals surface area contributed by atoms with E-state index in [1.54, 1.807) is 7.11 Å². The van der Waals surface area contributed by atoms with E-state index in [1.165, 1.54) is 35.3 Å². The minimum absolute atomic E-state index is 0.0620. The second-order valence-electron chi connectivity index (χ2n) is 6.85. The van der Waals surface area contributed by atoms with E-state index in [-0.39, 0.29) is 27.3 Å². The molecule has 3 N–H and O–H groups in total. The summed E-state index contributed by atoms with van der Waals surface area (Å²) in [6, 6.07) is 11.7. The molecule has 9 heteroatoms. The number of methoxy groups -OCH3 is 1. The third-order valence-corrected chi connectivity index (χ3v) is 5.24. The number of benzene rings is 2. The number of anilines is 1. The van der Waals surface area contributed by atoms with Crippen molar-refractivity contribution in [2.24, 2.45) is 0 Å². The van der Waals surface area contributed by atoms with Crippen molar-refractivity contribution in [3.63, 3.8) is 0 Å². The lowest BCUT2D eigenvalue weighted by Crippen LogP contribution is -2.22. The number of aryl methyl sites for hydroxylation is 2. The SMILES string of the molecule is COc1ccccc1CCn1cnc2[nH]cc(NC(=O)c3ccc(O)c(Cl)c3)c2c1=O. The van der Waals surface area contributed by atoms with Crippen molar-refractivity contribution >= 4 is 34.2 Å². The molecule has 0 saturated carbocycles. The fraction of sp³-hybridized carbons (Fsp3) is 0.136. The number of ether oxygens (including phenoxy) is 1. The van der Waals surface area contributed by atoms with Crippen molar-refractivity contribution in [3.8, 4) is 11.5 Å². The molecule has 1 amide bonds. The van der Waals surface area contributed by atoms with Gasteiger partial charge < -0.3 is 20.1 Å². The molecule has 8 nitrogen and oxygen atoms in total. The second kappa shape index (κ2) is 8.53. The van der Waals surface area contributed by atoms with Gasteiger partial charge in [0.2, 0.25) is 0 Å². The summed E-state index contributed by atoms with van der Waals surface area (Å²) in [6.07, 6.45) is 3.57. The number of fused-ring (bicyclic) bond motifs is 1. The van der Waals surface area contributed by atoms with Gasteiger partial charge in [0.25, 0.3) is 11.5 Å². The Bertz CT molecular complexity index is 1330. The van der Waals surface area contributed by atoms with E-state index >= 15 is 0 Å². The first-order valence-corrected chi connectivity index (χ1v) is 9.84. The highest BCUT2D eigenvalue weighted by Crippen LogP contribution is 2.25. The van der Waals surface area contributed by atoms with Gasteiger partial charge in [-0.25, -0.2) is 4.98 Å². The highest BCUT2D eigenvalue weighted by molar-refractivity contribution is 6.32. The fourth-order valence-electron chi connectivity index (χ4n) is 3.31. The second-order valence-corrected chi connectivity index (χ2v) is 7.26. The quantitative estimate of drug-likeness (QED) is 0.426. The summed E-state index contributed by atoms with van der Waals surface area (Å²) in [5, 5.41) is 12.6. The number of carbonyl (C=O) groups is 1. The number of aromatic hydroxyl groups is 1. The molecule has 0 saturated heterocycles. The van der Waals surface area contributed by atoms with Crippen molar-refractivity contribution in [1.29, 1.82) is 0 Å². The van der Waals surface area contributed by atoms with Gasteiger partial charge in [0.05, 0.1) is 24.1 Å². The van der Waals surface area contributed by atoms with Gasteiger partial charge in [-0.15, -0.1) is 0 Å². The number of nitrogens with zero attached hydrogens (tertiary/aromatic N) is 2. The van der Waals surface area contributed by atoms with Crippen molar-refractivity contribution < 1.29 is 14.6 Å².